The second-order valence-corrected chi connectivity index (χ2v) is 4.81. The minimum absolute atomic E-state index is 0.659. The molecule has 0 fully saturated rings. The van der Waals surface area contributed by atoms with Crippen molar-refractivity contribution in [2.75, 3.05) is 7.05 Å². The molecule has 0 aliphatic heterocycles. The highest BCUT2D eigenvalue weighted by molar-refractivity contribution is 5.47. The lowest BCUT2D eigenvalue weighted by Gasteiger charge is -2.25. The zero-order valence-electron chi connectivity index (χ0n) is 10.9. The quantitative estimate of drug-likeness (QED) is 0.722. The smallest absolute Gasteiger partial charge is 0.0120 e. The fraction of sp³-hybridized carbons (Fsp3) is 0.375. The Balaban J connectivity index is 0.000000514. The van der Waals surface area contributed by atoms with Crippen LogP contribution in [0.25, 0.3) is 0 Å². The first-order chi connectivity index (χ1) is 8.27. The van der Waals surface area contributed by atoms with Gasteiger partial charge in [0.2, 0.25) is 0 Å². The molecule has 3 rings (SSSR count). The Labute approximate surface area is 104 Å². The average Bonchev–Trinajstić information content (AvgIpc) is 2.77. The Hall–Kier alpha value is -1.34. The molecule has 1 nitrogen and oxygen atoms in total. The molecular weight excluding hydrogens is 206 g/mol. The predicted molar refractivity (Wildman–Crippen MR) is 74.0 cm³/mol. The van der Waals surface area contributed by atoms with E-state index in [0.29, 0.717) is 5.92 Å². The van der Waals surface area contributed by atoms with Crippen LogP contribution in [0.2, 0.25) is 0 Å². The summed E-state index contributed by atoms with van der Waals surface area (Å²) in [6, 6.07) is 8.92. The first-order valence-electron chi connectivity index (χ1n) is 6.28. The maximum Gasteiger partial charge on any atom is 0.0120 e. The second-order valence-electron chi connectivity index (χ2n) is 4.81. The fourth-order valence-electron chi connectivity index (χ4n) is 3.07. The summed E-state index contributed by atoms with van der Waals surface area (Å²) in [4.78, 5) is 0. The standard InChI is InChI=1S/C15H16.CH5N/c1-10-7-8-11(2)15-13-6-4-3-5-12(13)9-14(10)15;1-2/h3-8,14-15H,9H2,1-2H3;2H2,1H3. The molecule has 1 heteroatoms. The van der Waals surface area contributed by atoms with Crippen molar-refractivity contribution in [2.24, 2.45) is 11.7 Å². The van der Waals surface area contributed by atoms with Crippen LogP contribution >= 0.6 is 0 Å². The van der Waals surface area contributed by atoms with Gasteiger partial charge in [0.25, 0.3) is 0 Å². The van der Waals surface area contributed by atoms with Crippen LogP contribution in [-0.2, 0) is 6.42 Å². The highest BCUT2D eigenvalue weighted by Crippen LogP contribution is 2.47. The molecule has 1 aromatic carbocycles. The number of allylic oxidation sites excluding steroid dienone is 4. The van der Waals surface area contributed by atoms with E-state index in [2.05, 4.69) is 56.0 Å². The van der Waals surface area contributed by atoms with Crippen LogP contribution in [0.3, 0.4) is 0 Å². The number of rotatable bonds is 0. The summed E-state index contributed by atoms with van der Waals surface area (Å²) < 4.78 is 0. The van der Waals surface area contributed by atoms with Crippen molar-refractivity contribution < 1.29 is 0 Å². The Morgan fingerprint density at radius 2 is 1.65 bits per heavy atom. The van der Waals surface area contributed by atoms with Crippen molar-refractivity contribution in [1.82, 2.24) is 0 Å². The molecule has 0 amide bonds. The molecule has 90 valence electrons. The van der Waals surface area contributed by atoms with Crippen LogP contribution in [-0.4, -0.2) is 7.05 Å². The van der Waals surface area contributed by atoms with Crippen LogP contribution in [0, 0.1) is 5.92 Å². The van der Waals surface area contributed by atoms with Gasteiger partial charge in [-0.05, 0) is 44.4 Å². The number of benzene rings is 1. The van der Waals surface area contributed by atoms with Crippen molar-refractivity contribution in [3.63, 3.8) is 0 Å². The van der Waals surface area contributed by atoms with E-state index in [1.54, 1.807) is 16.7 Å². The number of hydrogen-bond donors (Lipinski definition) is 1. The summed E-state index contributed by atoms with van der Waals surface area (Å²) >= 11 is 0. The van der Waals surface area contributed by atoms with Gasteiger partial charge in [0, 0.05) is 5.92 Å². The maximum atomic E-state index is 4.50. The van der Waals surface area contributed by atoms with Crippen LogP contribution in [0.4, 0.5) is 0 Å². The molecule has 0 saturated heterocycles. The molecule has 2 aliphatic carbocycles. The number of nitrogens with two attached hydrogens (primary N) is 1. The zero-order valence-corrected chi connectivity index (χ0v) is 10.9. The van der Waals surface area contributed by atoms with Crippen molar-refractivity contribution in [3.8, 4) is 0 Å². The monoisotopic (exact) mass is 227 g/mol. The van der Waals surface area contributed by atoms with Gasteiger partial charge in [0.1, 0.15) is 0 Å². The van der Waals surface area contributed by atoms with E-state index < -0.39 is 0 Å². The van der Waals surface area contributed by atoms with E-state index in [9.17, 15) is 0 Å². The molecule has 2 N–H and O–H groups in total. The molecule has 2 aliphatic rings. The molecule has 0 spiro atoms. The third kappa shape index (κ3) is 1.96. The minimum atomic E-state index is 0.659. The molecule has 0 aromatic heterocycles. The molecular formula is C16H21N. The van der Waals surface area contributed by atoms with Gasteiger partial charge in [-0.25, -0.2) is 0 Å². The summed E-state index contributed by atoms with van der Waals surface area (Å²) in [5, 5.41) is 0. The van der Waals surface area contributed by atoms with Gasteiger partial charge in [-0.15, -0.1) is 0 Å². The van der Waals surface area contributed by atoms with Crippen LogP contribution in [0.15, 0.2) is 47.6 Å². The fourth-order valence-corrected chi connectivity index (χ4v) is 3.07. The summed E-state index contributed by atoms with van der Waals surface area (Å²) in [6.45, 7) is 4.54. The third-order valence-corrected chi connectivity index (χ3v) is 3.92. The molecule has 0 radical (unpaired) electrons. The maximum absolute atomic E-state index is 4.50. The number of hydrogen-bond acceptors (Lipinski definition) is 1. The van der Waals surface area contributed by atoms with Gasteiger partial charge >= 0.3 is 0 Å². The Morgan fingerprint density at radius 3 is 2.41 bits per heavy atom. The molecule has 2 atom stereocenters. The highest BCUT2D eigenvalue weighted by atomic mass is 14.4. The summed E-state index contributed by atoms with van der Waals surface area (Å²) in [5.74, 6) is 1.39. The molecule has 2 unspecified atom stereocenters. The molecule has 0 saturated carbocycles. The lowest BCUT2D eigenvalue weighted by Crippen LogP contribution is -2.13. The number of fused-ring (bicyclic) bond motifs is 3. The van der Waals surface area contributed by atoms with Gasteiger partial charge < -0.3 is 5.73 Å². The van der Waals surface area contributed by atoms with E-state index in [-0.39, 0.29) is 0 Å². The summed E-state index contributed by atoms with van der Waals surface area (Å²) in [5.41, 5.74) is 10.7. The van der Waals surface area contributed by atoms with Gasteiger partial charge in [-0.1, -0.05) is 47.6 Å². The highest BCUT2D eigenvalue weighted by Gasteiger charge is 2.35. The lowest BCUT2D eigenvalue weighted by molar-refractivity contribution is 0.569. The Kier molecular flexibility index (Phi) is 3.49. The Bertz CT molecular complexity index is 468. The van der Waals surface area contributed by atoms with E-state index in [4.69, 9.17) is 0 Å². The summed E-state index contributed by atoms with van der Waals surface area (Å²) in [6.07, 6.45) is 5.81. The normalized spacial score (nSPS) is 24.9. The lowest BCUT2D eigenvalue weighted by atomic mass is 9.79. The van der Waals surface area contributed by atoms with E-state index >= 15 is 0 Å². The molecule has 1 aromatic rings. The van der Waals surface area contributed by atoms with Crippen molar-refractivity contribution in [1.29, 1.82) is 0 Å². The molecule has 17 heavy (non-hydrogen) atoms. The minimum Gasteiger partial charge on any atom is -0.333 e. The largest absolute Gasteiger partial charge is 0.333 e. The van der Waals surface area contributed by atoms with Gasteiger partial charge in [0.15, 0.2) is 0 Å². The predicted octanol–water partition coefficient (Wildman–Crippen LogP) is 3.42. The second kappa shape index (κ2) is 4.89. The third-order valence-electron chi connectivity index (χ3n) is 3.92. The average molecular weight is 227 g/mol. The van der Waals surface area contributed by atoms with Crippen LogP contribution in [0.5, 0.6) is 0 Å². The van der Waals surface area contributed by atoms with Crippen LogP contribution < -0.4 is 5.73 Å². The van der Waals surface area contributed by atoms with E-state index in [1.165, 1.54) is 19.0 Å². The zero-order chi connectivity index (χ0) is 12.4. The summed E-state index contributed by atoms with van der Waals surface area (Å²) in [7, 11) is 1.50. The van der Waals surface area contributed by atoms with Crippen molar-refractivity contribution in [2.45, 2.75) is 26.2 Å². The molecule has 0 heterocycles. The van der Waals surface area contributed by atoms with Gasteiger partial charge in [0.05, 0.1) is 0 Å². The topological polar surface area (TPSA) is 26.0 Å². The van der Waals surface area contributed by atoms with Crippen molar-refractivity contribution in [3.05, 3.63) is 58.7 Å². The van der Waals surface area contributed by atoms with Gasteiger partial charge in [-0.2, -0.15) is 0 Å². The molecule has 0 bridgehead atoms. The first-order valence-corrected chi connectivity index (χ1v) is 6.28. The SMILES string of the molecule is CC1=CC=C(C)C2c3ccccc3CC12.CN. The van der Waals surface area contributed by atoms with Crippen molar-refractivity contribution >= 4 is 0 Å². The van der Waals surface area contributed by atoms with Crippen LogP contribution in [0.1, 0.15) is 30.9 Å². The van der Waals surface area contributed by atoms with E-state index in [0.717, 1.165) is 5.92 Å². The van der Waals surface area contributed by atoms with E-state index in [1.807, 2.05) is 0 Å². The first kappa shape index (κ1) is 12.1. The van der Waals surface area contributed by atoms with Gasteiger partial charge in [-0.3, -0.25) is 0 Å². The Morgan fingerprint density at radius 1 is 1.00 bits per heavy atom.